The maximum absolute atomic E-state index is 12.0. The van der Waals surface area contributed by atoms with Crippen LogP contribution < -0.4 is 10.5 Å². The molecular weight excluding hydrogens is 362 g/mol. The number of carbonyl (C=O) groups excluding carboxylic acids is 1. The van der Waals surface area contributed by atoms with Gasteiger partial charge in [0.1, 0.15) is 23.7 Å². The lowest BCUT2D eigenvalue weighted by molar-refractivity contribution is 0.1000. The minimum absolute atomic E-state index is 0.368. The molecule has 0 bridgehead atoms. The van der Waals surface area contributed by atoms with Crippen LogP contribution in [0.3, 0.4) is 0 Å². The van der Waals surface area contributed by atoms with E-state index in [2.05, 4.69) is 11.1 Å². The summed E-state index contributed by atoms with van der Waals surface area (Å²) in [4.78, 5) is 17.3. The van der Waals surface area contributed by atoms with E-state index in [4.69, 9.17) is 14.9 Å². The highest BCUT2D eigenvalue weighted by Gasteiger charge is 2.44. The Morgan fingerprint density at radius 3 is 2.81 bits per heavy atom. The second kappa shape index (κ2) is 6.39. The van der Waals surface area contributed by atoms with Gasteiger partial charge in [-0.15, -0.1) is 11.3 Å². The Hall–Kier alpha value is -2.85. The van der Waals surface area contributed by atoms with Crippen LogP contribution in [0.2, 0.25) is 0 Å². The zero-order valence-corrected chi connectivity index (χ0v) is 16.0. The van der Waals surface area contributed by atoms with E-state index < -0.39 is 11.3 Å². The molecule has 2 heterocycles. The van der Waals surface area contributed by atoms with Crippen molar-refractivity contribution in [2.75, 3.05) is 0 Å². The van der Waals surface area contributed by atoms with Gasteiger partial charge in [0.2, 0.25) is 0 Å². The number of aromatic nitrogens is 1. The first-order valence-corrected chi connectivity index (χ1v) is 9.54. The summed E-state index contributed by atoms with van der Waals surface area (Å²) in [5.74, 6) is 0.596. The number of nitriles is 1. The van der Waals surface area contributed by atoms with Crippen molar-refractivity contribution >= 4 is 28.2 Å². The zero-order chi connectivity index (χ0) is 19.2. The topological polar surface area (TPSA) is 102 Å². The van der Waals surface area contributed by atoms with Crippen LogP contribution in [0.4, 0.5) is 0 Å². The standard InChI is InChI=1S/C20H19N3O3S/c1-11-17(19(22)24)18-14(7-20(10-21)5-6-20)15(3-4-16(18)26-11)25-9-13-8-23-12(2)27-13/h3-4,8H,5-7,9H2,1-2H3,(H2,22,24). The molecule has 1 fully saturated rings. The molecular formula is C20H19N3O3S. The maximum atomic E-state index is 12.0. The molecule has 0 radical (unpaired) electrons. The van der Waals surface area contributed by atoms with Crippen LogP contribution in [0.5, 0.6) is 5.75 Å². The molecule has 0 spiro atoms. The van der Waals surface area contributed by atoms with Gasteiger partial charge in [-0.3, -0.25) is 4.79 Å². The number of primary amides is 1. The molecule has 2 aromatic heterocycles. The number of aryl methyl sites for hydroxylation is 2. The van der Waals surface area contributed by atoms with Gasteiger partial charge in [0, 0.05) is 17.1 Å². The lowest BCUT2D eigenvalue weighted by atomic mass is 9.92. The van der Waals surface area contributed by atoms with Gasteiger partial charge in [-0.05, 0) is 45.2 Å². The molecule has 0 unspecified atom stereocenters. The van der Waals surface area contributed by atoms with Crippen molar-refractivity contribution in [3.8, 4) is 11.8 Å². The number of fused-ring (bicyclic) bond motifs is 1. The molecule has 2 N–H and O–H groups in total. The summed E-state index contributed by atoms with van der Waals surface area (Å²) in [5, 5.41) is 11.2. The van der Waals surface area contributed by atoms with Crippen molar-refractivity contribution in [1.82, 2.24) is 4.98 Å². The molecule has 3 aromatic rings. The van der Waals surface area contributed by atoms with E-state index in [1.807, 2.05) is 13.0 Å². The number of hydrogen-bond acceptors (Lipinski definition) is 6. The third-order valence-electron chi connectivity index (χ3n) is 4.99. The number of ether oxygens (including phenoxy) is 1. The summed E-state index contributed by atoms with van der Waals surface area (Å²) in [7, 11) is 0. The highest BCUT2D eigenvalue weighted by Crippen LogP contribution is 2.50. The molecule has 0 saturated heterocycles. The fraction of sp³-hybridized carbons (Fsp3) is 0.350. The van der Waals surface area contributed by atoms with Gasteiger partial charge < -0.3 is 14.9 Å². The van der Waals surface area contributed by atoms with Gasteiger partial charge in [-0.1, -0.05) is 0 Å². The zero-order valence-electron chi connectivity index (χ0n) is 15.2. The molecule has 0 aliphatic heterocycles. The lowest BCUT2D eigenvalue weighted by Crippen LogP contribution is -2.13. The Labute approximate surface area is 160 Å². The van der Waals surface area contributed by atoms with Gasteiger partial charge in [-0.25, -0.2) is 4.98 Å². The normalized spacial score (nSPS) is 14.9. The number of benzene rings is 1. The molecule has 1 aromatic carbocycles. The number of furan rings is 1. The fourth-order valence-corrected chi connectivity index (χ4v) is 4.11. The van der Waals surface area contributed by atoms with E-state index >= 15 is 0 Å². The molecule has 7 heteroatoms. The monoisotopic (exact) mass is 381 g/mol. The van der Waals surface area contributed by atoms with Crippen molar-refractivity contribution in [3.05, 3.63) is 45.1 Å². The molecule has 1 aliphatic carbocycles. The van der Waals surface area contributed by atoms with Crippen molar-refractivity contribution < 1.29 is 13.9 Å². The fourth-order valence-electron chi connectivity index (χ4n) is 3.40. The number of rotatable bonds is 6. The third kappa shape index (κ3) is 3.17. The minimum Gasteiger partial charge on any atom is -0.488 e. The first-order valence-electron chi connectivity index (χ1n) is 8.72. The van der Waals surface area contributed by atoms with Gasteiger partial charge in [0.15, 0.2) is 0 Å². The minimum atomic E-state index is -0.537. The second-order valence-corrected chi connectivity index (χ2v) is 8.34. The van der Waals surface area contributed by atoms with E-state index in [0.717, 1.165) is 28.3 Å². The second-order valence-electron chi connectivity index (χ2n) is 7.02. The van der Waals surface area contributed by atoms with Gasteiger partial charge in [0.05, 0.1) is 26.9 Å². The summed E-state index contributed by atoms with van der Waals surface area (Å²) in [6.45, 7) is 4.05. The molecule has 0 atom stereocenters. The van der Waals surface area contributed by atoms with Crippen LogP contribution in [-0.4, -0.2) is 10.9 Å². The van der Waals surface area contributed by atoms with Gasteiger partial charge in [-0.2, -0.15) is 5.26 Å². The Bertz CT molecular complexity index is 1090. The van der Waals surface area contributed by atoms with Crippen molar-refractivity contribution in [3.63, 3.8) is 0 Å². The smallest absolute Gasteiger partial charge is 0.252 e. The van der Waals surface area contributed by atoms with Crippen LogP contribution in [0.25, 0.3) is 11.0 Å². The predicted molar refractivity (Wildman–Crippen MR) is 102 cm³/mol. The average Bonchev–Trinajstić information content (AvgIpc) is 3.14. The maximum Gasteiger partial charge on any atom is 0.252 e. The third-order valence-corrected chi connectivity index (χ3v) is 5.87. The largest absolute Gasteiger partial charge is 0.488 e. The Kier molecular flexibility index (Phi) is 4.16. The van der Waals surface area contributed by atoms with E-state index in [1.165, 1.54) is 0 Å². The van der Waals surface area contributed by atoms with Crippen LogP contribution >= 0.6 is 11.3 Å². The summed E-state index contributed by atoms with van der Waals surface area (Å²) in [5.41, 5.74) is 6.99. The first kappa shape index (κ1) is 17.6. The molecule has 27 heavy (non-hydrogen) atoms. The van der Waals surface area contributed by atoms with E-state index in [0.29, 0.717) is 41.1 Å². The summed E-state index contributed by atoms with van der Waals surface area (Å²) in [6, 6.07) is 6.04. The number of carbonyl (C=O) groups is 1. The van der Waals surface area contributed by atoms with Crippen LogP contribution in [0.1, 0.15) is 44.4 Å². The summed E-state index contributed by atoms with van der Waals surface area (Å²) >= 11 is 1.58. The Morgan fingerprint density at radius 1 is 1.44 bits per heavy atom. The van der Waals surface area contributed by atoms with Crippen molar-refractivity contribution in [2.24, 2.45) is 11.1 Å². The van der Waals surface area contributed by atoms with Crippen molar-refractivity contribution in [1.29, 1.82) is 5.26 Å². The molecule has 6 nitrogen and oxygen atoms in total. The predicted octanol–water partition coefficient (Wildman–Crippen LogP) is 4.03. The summed E-state index contributed by atoms with van der Waals surface area (Å²) < 4.78 is 11.8. The molecule has 1 amide bonds. The highest BCUT2D eigenvalue weighted by molar-refractivity contribution is 7.11. The number of thiazole rings is 1. The first-order chi connectivity index (χ1) is 12.9. The number of hydrogen-bond donors (Lipinski definition) is 1. The number of nitrogens with two attached hydrogens (primary N) is 1. The van der Waals surface area contributed by atoms with Gasteiger partial charge in [0.25, 0.3) is 5.91 Å². The van der Waals surface area contributed by atoms with Crippen LogP contribution in [0.15, 0.2) is 22.7 Å². The lowest BCUT2D eigenvalue weighted by Gasteiger charge is -2.14. The van der Waals surface area contributed by atoms with Crippen LogP contribution in [0, 0.1) is 30.6 Å². The van der Waals surface area contributed by atoms with E-state index in [-0.39, 0.29) is 0 Å². The van der Waals surface area contributed by atoms with E-state index in [1.54, 1.807) is 30.5 Å². The van der Waals surface area contributed by atoms with Crippen LogP contribution in [-0.2, 0) is 13.0 Å². The quantitative estimate of drug-likeness (QED) is 0.694. The molecule has 1 aliphatic rings. The van der Waals surface area contributed by atoms with E-state index in [9.17, 15) is 10.1 Å². The number of nitrogens with zero attached hydrogens (tertiary/aromatic N) is 2. The number of amides is 1. The molecule has 138 valence electrons. The van der Waals surface area contributed by atoms with Crippen molar-refractivity contribution in [2.45, 2.75) is 39.7 Å². The summed E-state index contributed by atoms with van der Waals surface area (Å²) in [6.07, 6.45) is 4.00. The Morgan fingerprint density at radius 2 is 2.22 bits per heavy atom. The van der Waals surface area contributed by atoms with Gasteiger partial charge >= 0.3 is 0 Å². The highest BCUT2D eigenvalue weighted by atomic mass is 32.1. The Balaban J connectivity index is 1.80. The molecule has 4 rings (SSSR count). The SMILES string of the molecule is Cc1ncc(COc2ccc3oc(C)c(C(N)=O)c3c2CC2(C#N)CC2)s1. The average molecular weight is 381 g/mol. The molecule has 1 saturated carbocycles.